The maximum Gasteiger partial charge on any atom is 0.241 e. The highest BCUT2D eigenvalue weighted by Gasteiger charge is 2.14. The summed E-state index contributed by atoms with van der Waals surface area (Å²) in [5, 5.41) is 2.49. The van der Waals surface area contributed by atoms with Gasteiger partial charge in [0.05, 0.1) is 11.7 Å². The second-order valence-corrected chi connectivity index (χ2v) is 4.78. The van der Waals surface area contributed by atoms with Crippen molar-refractivity contribution in [3.05, 3.63) is 28.5 Å². The average Bonchev–Trinajstić information content (AvgIpc) is 2.29. The zero-order valence-electron chi connectivity index (χ0n) is 9.67. The predicted octanol–water partition coefficient (Wildman–Crippen LogP) is 3.04. The van der Waals surface area contributed by atoms with Gasteiger partial charge in [0.1, 0.15) is 5.82 Å². The van der Waals surface area contributed by atoms with Crippen molar-refractivity contribution >= 4 is 27.5 Å². The lowest BCUT2D eigenvalue weighted by Crippen LogP contribution is -2.35. The van der Waals surface area contributed by atoms with E-state index in [1.54, 1.807) is 6.07 Å². The van der Waals surface area contributed by atoms with Gasteiger partial charge in [0.2, 0.25) is 5.91 Å². The number of rotatable bonds is 5. The fourth-order valence-electron chi connectivity index (χ4n) is 1.37. The van der Waals surface area contributed by atoms with E-state index in [-0.39, 0.29) is 11.6 Å². The van der Waals surface area contributed by atoms with Crippen molar-refractivity contribution in [1.82, 2.24) is 0 Å². The summed E-state index contributed by atoms with van der Waals surface area (Å²) in [4.78, 5) is 11.6. The minimum Gasteiger partial charge on any atom is -0.322 e. The summed E-state index contributed by atoms with van der Waals surface area (Å²) in [6, 6.07) is 3.88. The van der Waals surface area contributed by atoms with Gasteiger partial charge in [0, 0.05) is 4.47 Å². The topological polar surface area (TPSA) is 55.1 Å². The van der Waals surface area contributed by atoms with Gasteiger partial charge in [0.15, 0.2) is 0 Å². The third-order valence-electron chi connectivity index (χ3n) is 2.39. The Morgan fingerprint density at radius 1 is 1.59 bits per heavy atom. The Labute approximate surface area is 109 Å². The van der Waals surface area contributed by atoms with Crippen LogP contribution < -0.4 is 11.1 Å². The number of benzene rings is 1. The number of unbranched alkanes of at least 4 members (excludes halogenated alkanes) is 1. The Balaban J connectivity index is 2.61. The van der Waals surface area contributed by atoms with E-state index in [1.165, 1.54) is 12.1 Å². The van der Waals surface area contributed by atoms with Gasteiger partial charge in [-0.3, -0.25) is 4.79 Å². The van der Waals surface area contributed by atoms with Crippen LogP contribution >= 0.6 is 15.9 Å². The first kappa shape index (κ1) is 14.1. The van der Waals surface area contributed by atoms with E-state index in [9.17, 15) is 9.18 Å². The summed E-state index contributed by atoms with van der Waals surface area (Å²) in [5.41, 5.74) is 5.84. The first-order valence-electron chi connectivity index (χ1n) is 5.56. The van der Waals surface area contributed by atoms with Gasteiger partial charge in [-0.25, -0.2) is 4.39 Å². The number of nitrogens with one attached hydrogen (secondary N) is 1. The Morgan fingerprint density at radius 2 is 2.29 bits per heavy atom. The molecular weight excluding hydrogens is 287 g/mol. The Morgan fingerprint density at radius 3 is 2.88 bits per heavy atom. The van der Waals surface area contributed by atoms with Crippen molar-refractivity contribution in [3.8, 4) is 0 Å². The number of carbonyl (C=O) groups is 1. The van der Waals surface area contributed by atoms with E-state index in [0.717, 1.165) is 12.8 Å². The van der Waals surface area contributed by atoms with E-state index in [1.807, 2.05) is 6.92 Å². The zero-order chi connectivity index (χ0) is 12.8. The molecule has 5 heteroatoms. The second kappa shape index (κ2) is 6.71. The van der Waals surface area contributed by atoms with Crippen LogP contribution in [0.5, 0.6) is 0 Å². The van der Waals surface area contributed by atoms with E-state index in [2.05, 4.69) is 21.2 Å². The quantitative estimate of drug-likeness (QED) is 0.878. The molecule has 0 fully saturated rings. The molecule has 17 heavy (non-hydrogen) atoms. The molecule has 0 heterocycles. The Bertz CT molecular complexity index is 398. The smallest absolute Gasteiger partial charge is 0.241 e. The highest BCUT2D eigenvalue weighted by atomic mass is 79.9. The summed E-state index contributed by atoms with van der Waals surface area (Å²) in [6.07, 6.45) is 2.48. The molecule has 0 spiro atoms. The summed E-state index contributed by atoms with van der Waals surface area (Å²) in [6.45, 7) is 2.03. The van der Waals surface area contributed by atoms with E-state index >= 15 is 0 Å². The highest BCUT2D eigenvalue weighted by molar-refractivity contribution is 9.10. The van der Waals surface area contributed by atoms with Crippen molar-refractivity contribution in [2.45, 2.75) is 32.2 Å². The molecular formula is C12H16BrFN2O. The van der Waals surface area contributed by atoms with Gasteiger partial charge in [-0.1, -0.05) is 35.7 Å². The molecule has 1 atom stereocenters. The van der Waals surface area contributed by atoms with E-state index in [4.69, 9.17) is 5.73 Å². The lowest BCUT2D eigenvalue weighted by atomic mass is 10.1. The molecule has 0 aliphatic heterocycles. The summed E-state index contributed by atoms with van der Waals surface area (Å²) < 4.78 is 14.1. The van der Waals surface area contributed by atoms with E-state index < -0.39 is 11.9 Å². The molecule has 0 aromatic heterocycles. The third-order valence-corrected chi connectivity index (χ3v) is 2.89. The van der Waals surface area contributed by atoms with Crippen molar-refractivity contribution < 1.29 is 9.18 Å². The Hall–Kier alpha value is -0.940. The van der Waals surface area contributed by atoms with Gasteiger partial charge in [-0.15, -0.1) is 0 Å². The second-order valence-electron chi connectivity index (χ2n) is 3.86. The fourth-order valence-corrected chi connectivity index (χ4v) is 1.70. The number of nitrogens with two attached hydrogens (primary N) is 1. The highest BCUT2D eigenvalue weighted by Crippen LogP contribution is 2.19. The van der Waals surface area contributed by atoms with Gasteiger partial charge in [0.25, 0.3) is 0 Å². The molecule has 0 radical (unpaired) electrons. The van der Waals surface area contributed by atoms with E-state index in [0.29, 0.717) is 10.9 Å². The number of amides is 1. The number of hydrogen-bond donors (Lipinski definition) is 2. The molecule has 94 valence electrons. The molecule has 1 rings (SSSR count). The van der Waals surface area contributed by atoms with Crippen molar-refractivity contribution in [2.24, 2.45) is 5.73 Å². The first-order chi connectivity index (χ1) is 8.04. The van der Waals surface area contributed by atoms with Crippen LogP contribution in [0.4, 0.5) is 10.1 Å². The SMILES string of the molecule is CCCCC(N)C(=O)Nc1ccc(Br)cc1F. The minimum atomic E-state index is -0.585. The summed E-state index contributed by atoms with van der Waals surface area (Å²) in [5.74, 6) is -0.824. The van der Waals surface area contributed by atoms with Crippen LogP contribution in [0.15, 0.2) is 22.7 Å². The van der Waals surface area contributed by atoms with Gasteiger partial charge >= 0.3 is 0 Å². The molecule has 3 N–H and O–H groups in total. The van der Waals surface area contributed by atoms with Gasteiger partial charge in [-0.2, -0.15) is 0 Å². The van der Waals surface area contributed by atoms with Crippen LogP contribution in [0, 0.1) is 5.82 Å². The number of halogens is 2. The maximum absolute atomic E-state index is 13.4. The van der Waals surface area contributed by atoms with Crippen molar-refractivity contribution in [3.63, 3.8) is 0 Å². The number of hydrogen-bond acceptors (Lipinski definition) is 2. The standard InChI is InChI=1S/C12H16BrFN2O/c1-2-3-4-10(15)12(17)16-11-6-5-8(13)7-9(11)14/h5-7,10H,2-4,15H2,1H3,(H,16,17). The van der Waals surface area contributed by atoms with Crippen LogP contribution in [-0.4, -0.2) is 11.9 Å². The molecule has 0 saturated carbocycles. The average molecular weight is 303 g/mol. The lowest BCUT2D eigenvalue weighted by Gasteiger charge is -2.12. The molecule has 0 aliphatic carbocycles. The predicted molar refractivity (Wildman–Crippen MR) is 70.2 cm³/mol. The third kappa shape index (κ3) is 4.44. The largest absolute Gasteiger partial charge is 0.322 e. The molecule has 0 aliphatic rings. The van der Waals surface area contributed by atoms with Gasteiger partial charge < -0.3 is 11.1 Å². The van der Waals surface area contributed by atoms with Crippen molar-refractivity contribution in [1.29, 1.82) is 0 Å². The molecule has 1 amide bonds. The van der Waals surface area contributed by atoms with Crippen LogP contribution in [-0.2, 0) is 4.79 Å². The van der Waals surface area contributed by atoms with Gasteiger partial charge in [-0.05, 0) is 24.6 Å². The molecule has 0 saturated heterocycles. The monoisotopic (exact) mass is 302 g/mol. The van der Waals surface area contributed by atoms with Crippen LogP contribution in [0.2, 0.25) is 0 Å². The molecule has 3 nitrogen and oxygen atoms in total. The van der Waals surface area contributed by atoms with Crippen LogP contribution in [0.25, 0.3) is 0 Å². The minimum absolute atomic E-state index is 0.158. The first-order valence-corrected chi connectivity index (χ1v) is 6.35. The molecule has 1 unspecified atom stereocenters. The maximum atomic E-state index is 13.4. The van der Waals surface area contributed by atoms with Crippen LogP contribution in [0.3, 0.4) is 0 Å². The van der Waals surface area contributed by atoms with Crippen LogP contribution in [0.1, 0.15) is 26.2 Å². The summed E-state index contributed by atoms with van der Waals surface area (Å²) in [7, 11) is 0. The molecule has 1 aromatic rings. The van der Waals surface area contributed by atoms with Crippen molar-refractivity contribution in [2.75, 3.05) is 5.32 Å². The molecule has 0 bridgehead atoms. The number of carbonyl (C=O) groups excluding carboxylic acids is 1. The normalized spacial score (nSPS) is 12.2. The number of anilines is 1. The lowest BCUT2D eigenvalue weighted by molar-refractivity contribution is -0.117. The Kier molecular flexibility index (Phi) is 5.58. The fraction of sp³-hybridized carbons (Fsp3) is 0.417. The zero-order valence-corrected chi connectivity index (χ0v) is 11.3. The molecule has 1 aromatic carbocycles. The summed E-state index contributed by atoms with van der Waals surface area (Å²) >= 11 is 3.15.